The zero-order valence-corrected chi connectivity index (χ0v) is 8.91. The van der Waals surface area contributed by atoms with Crippen LogP contribution in [-0.2, 0) is 7.05 Å². The van der Waals surface area contributed by atoms with E-state index in [2.05, 4.69) is 21.5 Å². The van der Waals surface area contributed by atoms with Gasteiger partial charge >= 0.3 is 0 Å². The van der Waals surface area contributed by atoms with Gasteiger partial charge < -0.3 is 0 Å². The van der Waals surface area contributed by atoms with Gasteiger partial charge in [-0.3, -0.25) is 0 Å². The predicted molar refractivity (Wildman–Crippen MR) is 54.9 cm³/mol. The Bertz CT molecular complexity index is 344. The number of hydrogen-bond donors (Lipinski definition) is 0. The first-order valence-electron chi connectivity index (χ1n) is 4.85. The Balaban J connectivity index is 2.23. The van der Waals surface area contributed by atoms with Crippen LogP contribution in [0.1, 0.15) is 31.5 Å². The molecule has 1 aromatic heterocycles. The SMILES string of the molecule is Cn1nnc(C2=CC(Cl)CCCC2)n1. The molecule has 0 N–H and O–H groups in total. The van der Waals surface area contributed by atoms with Crippen LogP contribution in [0, 0.1) is 0 Å². The van der Waals surface area contributed by atoms with E-state index < -0.39 is 0 Å². The first-order chi connectivity index (χ1) is 6.75. The molecule has 14 heavy (non-hydrogen) atoms. The molecule has 1 atom stereocenters. The molecule has 0 aromatic carbocycles. The number of alkyl halides is 1. The highest BCUT2D eigenvalue weighted by Crippen LogP contribution is 2.25. The van der Waals surface area contributed by atoms with E-state index in [9.17, 15) is 0 Å². The van der Waals surface area contributed by atoms with Gasteiger partial charge in [0.15, 0.2) is 0 Å². The van der Waals surface area contributed by atoms with E-state index in [1.165, 1.54) is 11.2 Å². The molecule has 0 saturated carbocycles. The third-order valence-electron chi connectivity index (χ3n) is 2.35. The molecule has 0 radical (unpaired) electrons. The first kappa shape index (κ1) is 9.65. The molecule has 76 valence electrons. The van der Waals surface area contributed by atoms with Crippen molar-refractivity contribution in [3.63, 3.8) is 0 Å². The molecular weight excluding hydrogens is 200 g/mol. The molecule has 0 fully saturated rings. The third kappa shape index (κ3) is 2.12. The van der Waals surface area contributed by atoms with Gasteiger partial charge in [-0.05, 0) is 30.0 Å². The Kier molecular flexibility index (Phi) is 2.82. The maximum absolute atomic E-state index is 6.11. The molecule has 2 rings (SSSR count). The van der Waals surface area contributed by atoms with Crippen LogP contribution in [0.3, 0.4) is 0 Å². The number of aryl methyl sites for hydroxylation is 1. The molecule has 5 heteroatoms. The average Bonchev–Trinajstić information content (AvgIpc) is 2.45. The van der Waals surface area contributed by atoms with Crippen LogP contribution in [0.15, 0.2) is 6.08 Å². The van der Waals surface area contributed by atoms with E-state index in [-0.39, 0.29) is 5.38 Å². The highest BCUT2D eigenvalue weighted by atomic mass is 35.5. The maximum Gasteiger partial charge on any atom is 0.200 e. The van der Waals surface area contributed by atoms with Crippen molar-refractivity contribution in [3.8, 4) is 0 Å². The molecule has 1 unspecified atom stereocenters. The predicted octanol–water partition coefficient (Wildman–Crippen LogP) is 1.77. The van der Waals surface area contributed by atoms with Crippen LogP contribution in [0.5, 0.6) is 0 Å². The van der Waals surface area contributed by atoms with Gasteiger partial charge in [0.1, 0.15) is 0 Å². The number of allylic oxidation sites excluding steroid dienone is 2. The number of aromatic nitrogens is 4. The number of tetrazole rings is 1. The second-order valence-electron chi connectivity index (χ2n) is 3.56. The Morgan fingerprint density at radius 2 is 2.36 bits per heavy atom. The summed E-state index contributed by atoms with van der Waals surface area (Å²) in [5.74, 6) is 0.722. The van der Waals surface area contributed by atoms with E-state index >= 15 is 0 Å². The highest BCUT2D eigenvalue weighted by molar-refractivity contribution is 6.22. The van der Waals surface area contributed by atoms with E-state index in [1.807, 2.05) is 0 Å². The third-order valence-corrected chi connectivity index (χ3v) is 2.70. The number of halogens is 1. The fourth-order valence-corrected chi connectivity index (χ4v) is 1.95. The van der Waals surface area contributed by atoms with Crippen LogP contribution >= 0.6 is 11.6 Å². The zero-order valence-electron chi connectivity index (χ0n) is 8.15. The number of hydrogen-bond acceptors (Lipinski definition) is 3. The summed E-state index contributed by atoms with van der Waals surface area (Å²) in [6.45, 7) is 0. The van der Waals surface area contributed by atoms with E-state index in [4.69, 9.17) is 11.6 Å². The summed E-state index contributed by atoms with van der Waals surface area (Å²) in [4.78, 5) is 1.48. The van der Waals surface area contributed by atoms with Gasteiger partial charge in [0.05, 0.1) is 12.4 Å². The van der Waals surface area contributed by atoms with E-state index in [0.717, 1.165) is 30.7 Å². The Labute approximate surface area is 87.9 Å². The first-order valence-corrected chi connectivity index (χ1v) is 5.28. The smallest absolute Gasteiger partial charge is 0.167 e. The van der Waals surface area contributed by atoms with E-state index in [0.29, 0.717) is 0 Å². The highest BCUT2D eigenvalue weighted by Gasteiger charge is 2.14. The lowest BCUT2D eigenvalue weighted by molar-refractivity contribution is 0.629. The van der Waals surface area contributed by atoms with Crippen LogP contribution < -0.4 is 0 Å². The van der Waals surface area contributed by atoms with Crippen molar-refractivity contribution < 1.29 is 0 Å². The van der Waals surface area contributed by atoms with Crippen molar-refractivity contribution in [3.05, 3.63) is 11.9 Å². The topological polar surface area (TPSA) is 43.6 Å². The van der Waals surface area contributed by atoms with E-state index in [1.54, 1.807) is 7.05 Å². The molecule has 0 saturated heterocycles. The number of rotatable bonds is 1. The fourth-order valence-electron chi connectivity index (χ4n) is 1.64. The molecule has 0 spiro atoms. The Morgan fingerprint density at radius 3 is 3.07 bits per heavy atom. The van der Waals surface area contributed by atoms with Crippen molar-refractivity contribution in [2.24, 2.45) is 7.05 Å². The Morgan fingerprint density at radius 1 is 1.50 bits per heavy atom. The molecular formula is C9H13ClN4. The molecule has 1 heterocycles. The summed E-state index contributed by atoms with van der Waals surface area (Å²) in [5.41, 5.74) is 1.13. The fraction of sp³-hybridized carbons (Fsp3) is 0.667. The van der Waals surface area contributed by atoms with Crippen LogP contribution in [0.25, 0.3) is 5.57 Å². The van der Waals surface area contributed by atoms with Gasteiger partial charge in [-0.2, -0.15) is 4.80 Å². The zero-order chi connectivity index (χ0) is 9.97. The van der Waals surface area contributed by atoms with Crippen molar-refractivity contribution in [2.75, 3.05) is 0 Å². The summed E-state index contributed by atoms with van der Waals surface area (Å²) in [5, 5.41) is 12.1. The lowest BCUT2D eigenvalue weighted by atomic mass is 10.1. The van der Waals surface area contributed by atoms with Crippen molar-refractivity contribution in [1.29, 1.82) is 0 Å². The molecule has 1 aliphatic carbocycles. The quantitative estimate of drug-likeness (QED) is 0.667. The normalized spacial score (nSPS) is 23.0. The maximum atomic E-state index is 6.11. The van der Waals surface area contributed by atoms with Gasteiger partial charge in [0.2, 0.25) is 5.82 Å². The minimum Gasteiger partial charge on any atom is -0.167 e. The van der Waals surface area contributed by atoms with Gasteiger partial charge in [-0.15, -0.1) is 21.8 Å². The lowest BCUT2D eigenvalue weighted by Crippen LogP contribution is -1.95. The minimum atomic E-state index is 0.122. The molecule has 1 aromatic rings. The summed E-state index contributed by atoms with van der Waals surface area (Å²) in [6, 6.07) is 0. The minimum absolute atomic E-state index is 0.122. The van der Waals surface area contributed by atoms with Crippen molar-refractivity contribution in [1.82, 2.24) is 20.2 Å². The summed E-state index contributed by atoms with van der Waals surface area (Å²) in [7, 11) is 1.77. The van der Waals surface area contributed by atoms with Crippen molar-refractivity contribution >= 4 is 17.2 Å². The van der Waals surface area contributed by atoms with Gasteiger partial charge in [-0.1, -0.05) is 12.5 Å². The van der Waals surface area contributed by atoms with Crippen molar-refractivity contribution in [2.45, 2.75) is 31.1 Å². The number of nitrogens with zero attached hydrogens (tertiary/aromatic N) is 4. The monoisotopic (exact) mass is 212 g/mol. The standard InChI is InChI=1S/C9H13ClN4/c1-14-12-9(11-13-14)7-4-2-3-5-8(10)6-7/h6,8H,2-5H2,1H3. The van der Waals surface area contributed by atoms with Crippen LogP contribution in [-0.4, -0.2) is 25.6 Å². The molecule has 0 aliphatic heterocycles. The molecule has 4 nitrogen and oxygen atoms in total. The van der Waals surface area contributed by atoms with Gasteiger partial charge in [-0.25, -0.2) is 0 Å². The summed E-state index contributed by atoms with van der Waals surface area (Å²) < 4.78 is 0. The average molecular weight is 213 g/mol. The van der Waals surface area contributed by atoms with Crippen LogP contribution in [0.2, 0.25) is 0 Å². The second kappa shape index (κ2) is 4.09. The summed E-state index contributed by atoms with van der Waals surface area (Å²) >= 11 is 6.11. The van der Waals surface area contributed by atoms with Gasteiger partial charge in [0, 0.05) is 0 Å². The summed E-state index contributed by atoms with van der Waals surface area (Å²) in [6.07, 6.45) is 6.45. The molecule has 0 bridgehead atoms. The molecule has 0 amide bonds. The lowest BCUT2D eigenvalue weighted by Gasteiger charge is -1.99. The Hall–Kier alpha value is -0.900. The van der Waals surface area contributed by atoms with Gasteiger partial charge in [0.25, 0.3) is 0 Å². The molecule has 1 aliphatic rings. The second-order valence-corrected chi connectivity index (χ2v) is 4.12. The van der Waals surface area contributed by atoms with Crippen LogP contribution in [0.4, 0.5) is 0 Å². The largest absolute Gasteiger partial charge is 0.200 e.